The van der Waals surface area contributed by atoms with Gasteiger partial charge in [0.05, 0.1) is 6.61 Å². The fourth-order valence-electron chi connectivity index (χ4n) is 4.11. The van der Waals surface area contributed by atoms with E-state index in [0.29, 0.717) is 23.7 Å². The zero-order chi connectivity index (χ0) is 19.9. The lowest BCUT2D eigenvalue weighted by Gasteiger charge is -2.26. The van der Waals surface area contributed by atoms with E-state index >= 15 is 0 Å². The fraction of sp³-hybridized carbons (Fsp3) is 0.520. The van der Waals surface area contributed by atoms with Crippen LogP contribution < -0.4 is 4.74 Å². The number of rotatable bonds is 8. The highest BCUT2D eigenvalue weighted by atomic mass is 19.2. The SMILES string of the molecule is CCCCCCOc1ccc(-c2ccc(C3CCC(C)CC3)cc2)c(F)c1F. The molecule has 0 aromatic heterocycles. The summed E-state index contributed by atoms with van der Waals surface area (Å²) in [5.41, 5.74) is 2.31. The highest BCUT2D eigenvalue weighted by molar-refractivity contribution is 5.65. The summed E-state index contributed by atoms with van der Waals surface area (Å²) in [6.07, 6.45) is 9.15. The van der Waals surface area contributed by atoms with Crippen molar-refractivity contribution >= 4 is 0 Å². The minimum atomic E-state index is -0.890. The second kappa shape index (κ2) is 10.0. The topological polar surface area (TPSA) is 9.23 Å². The summed E-state index contributed by atoms with van der Waals surface area (Å²) < 4.78 is 34.5. The molecular weight excluding hydrogens is 354 g/mol. The van der Waals surface area contributed by atoms with Gasteiger partial charge in [-0.25, -0.2) is 4.39 Å². The van der Waals surface area contributed by atoms with Crippen LogP contribution in [0.1, 0.15) is 76.7 Å². The standard InChI is InChI=1S/C25H32F2O/c1-3-4-5-6-17-28-23-16-15-22(24(26)25(23)27)21-13-11-20(12-14-21)19-9-7-18(2)8-10-19/h11-16,18-19H,3-10,17H2,1-2H3. The number of hydrogen-bond donors (Lipinski definition) is 0. The van der Waals surface area contributed by atoms with Gasteiger partial charge in [0.1, 0.15) is 0 Å². The first-order valence-corrected chi connectivity index (χ1v) is 10.8. The first-order valence-electron chi connectivity index (χ1n) is 10.8. The van der Waals surface area contributed by atoms with E-state index in [4.69, 9.17) is 4.74 Å². The van der Waals surface area contributed by atoms with Gasteiger partial charge in [-0.2, -0.15) is 4.39 Å². The van der Waals surface area contributed by atoms with Crippen LogP contribution in [-0.2, 0) is 0 Å². The number of ether oxygens (including phenoxy) is 1. The van der Waals surface area contributed by atoms with Crippen molar-refractivity contribution in [1.82, 2.24) is 0 Å². The van der Waals surface area contributed by atoms with Gasteiger partial charge in [-0.3, -0.25) is 0 Å². The van der Waals surface area contributed by atoms with E-state index in [1.165, 1.54) is 31.2 Å². The van der Waals surface area contributed by atoms with E-state index in [0.717, 1.165) is 31.6 Å². The third-order valence-electron chi connectivity index (χ3n) is 6.01. The molecule has 2 aromatic carbocycles. The maximum absolute atomic E-state index is 14.6. The van der Waals surface area contributed by atoms with Crippen LogP contribution in [0.15, 0.2) is 36.4 Å². The van der Waals surface area contributed by atoms with Crippen molar-refractivity contribution < 1.29 is 13.5 Å². The van der Waals surface area contributed by atoms with E-state index < -0.39 is 11.6 Å². The summed E-state index contributed by atoms with van der Waals surface area (Å²) in [7, 11) is 0. The summed E-state index contributed by atoms with van der Waals surface area (Å²) in [5, 5.41) is 0. The number of unbranched alkanes of at least 4 members (excludes halogenated alkanes) is 3. The molecule has 0 aliphatic heterocycles. The Balaban J connectivity index is 1.67. The molecule has 0 heterocycles. The summed E-state index contributed by atoms with van der Waals surface area (Å²) in [6, 6.07) is 11.1. The molecule has 0 spiro atoms. The summed E-state index contributed by atoms with van der Waals surface area (Å²) in [5.74, 6) is -0.301. The van der Waals surface area contributed by atoms with E-state index in [1.54, 1.807) is 12.1 Å². The van der Waals surface area contributed by atoms with Crippen LogP contribution in [0.2, 0.25) is 0 Å². The molecule has 3 rings (SSSR count). The molecule has 0 amide bonds. The Hall–Kier alpha value is -1.90. The fourth-order valence-corrected chi connectivity index (χ4v) is 4.11. The van der Waals surface area contributed by atoms with Gasteiger partial charge in [-0.05, 0) is 54.4 Å². The predicted molar refractivity (Wildman–Crippen MR) is 112 cm³/mol. The predicted octanol–water partition coefficient (Wildman–Crippen LogP) is 7.88. The summed E-state index contributed by atoms with van der Waals surface area (Å²) in [4.78, 5) is 0. The molecular formula is C25H32F2O. The lowest BCUT2D eigenvalue weighted by molar-refractivity contribution is 0.285. The molecule has 28 heavy (non-hydrogen) atoms. The van der Waals surface area contributed by atoms with Crippen molar-refractivity contribution in [3.8, 4) is 16.9 Å². The highest BCUT2D eigenvalue weighted by Crippen LogP contribution is 2.37. The van der Waals surface area contributed by atoms with Crippen molar-refractivity contribution in [1.29, 1.82) is 0 Å². The third-order valence-corrected chi connectivity index (χ3v) is 6.01. The van der Waals surface area contributed by atoms with Crippen LogP contribution in [0, 0.1) is 17.6 Å². The Morgan fingerprint density at radius 2 is 1.57 bits per heavy atom. The highest BCUT2D eigenvalue weighted by Gasteiger charge is 2.20. The van der Waals surface area contributed by atoms with E-state index in [9.17, 15) is 8.78 Å². The first-order chi connectivity index (χ1) is 13.6. The minimum Gasteiger partial charge on any atom is -0.490 e. The lowest BCUT2D eigenvalue weighted by Crippen LogP contribution is -2.10. The second-order valence-electron chi connectivity index (χ2n) is 8.23. The van der Waals surface area contributed by atoms with Gasteiger partial charge < -0.3 is 4.74 Å². The normalized spacial score (nSPS) is 19.6. The van der Waals surface area contributed by atoms with Crippen molar-refractivity contribution in [2.75, 3.05) is 6.61 Å². The van der Waals surface area contributed by atoms with Gasteiger partial charge in [0.25, 0.3) is 0 Å². The first kappa shape index (κ1) is 20.8. The Morgan fingerprint density at radius 3 is 2.25 bits per heavy atom. The summed E-state index contributed by atoms with van der Waals surface area (Å²) >= 11 is 0. The van der Waals surface area contributed by atoms with Gasteiger partial charge in [0.15, 0.2) is 11.6 Å². The molecule has 1 fully saturated rings. The molecule has 0 radical (unpaired) electrons. The number of hydrogen-bond acceptors (Lipinski definition) is 1. The van der Waals surface area contributed by atoms with E-state index in [2.05, 4.69) is 26.0 Å². The Kier molecular flexibility index (Phi) is 7.47. The largest absolute Gasteiger partial charge is 0.490 e. The molecule has 1 aliphatic rings. The zero-order valence-electron chi connectivity index (χ0n) is 17.1. The molecule has 1 nitrogen and oxygen atoms in total. The average molecular weight is 387 g/mol. The number of benzene rings is 2. The zero-order valence-corrected chi connectivity index (χ0v) is 17.1. The molecule has 0 unspecified atom stereocenters. The third kappa shape index (κ3) is 5.12. The van der Waals surface area contributed by atoms with Crippen LogP contribution in [0.25, 0.3) is 11.1 Å². The van der Waals surface area contributed by atoms with Gasteiger partial charge >= 0.3 is 0 Å². The Labute approximate surface area is 168 Å². The van der Waals surface area contributed by atoms with Crippen LogP contribution in [0.3, 0.4) is 0 Å². The van der Waals surface area contributed by atoms with Crippen molar-refractivity contribution in [2.45, 2.75) is 71.1 Å². The van der Waals surface area contributed by atoms with Crippen LogP contribution in [0.5, 0.6) is 5.75 Å². The molecule has 3 heteroatoms. The summed E-state index contributed by atoms with van der Waals surface area (Å²) in [6.45, 7) is 4.87. The van der Waals surface area contributed by atoms with Crippen molar-refractivity contribution in [3.63, 3.8) is 0 Å². The lowest BCUT2D eigenvalue weighted by atomic mass is 9.79. The maximum Gasteiger partial charge on any atom is 0.201 e. The number of halogens is 2. The minimum absolute atomic E-state index is 0.00527. The molecule has 2 aromatic rings. The molecule has 0 N–H and O–H groups in total. The average Bonchev–Trinajstić information content (AvgIpc) is 2.72. The molecule has 0 atom stereocenters. The van der Waals surface area contributed by atoms with E-state index in [-0.39, 0.29) is 5.75 Å². The Morgan fingerprint density at radius 1 is 0.857 bits per heavy atom. The quantitative estimate of drug-likeness (QED) is 0.419. The smallest absolute Gasteiger partial charge is 0.201 e. The molecule has 1 saturated carbocycles. The van der Waals surface area contributed by atoms with Gasteiger partial charge in [-0.1, -0.05) is 70.2 Å². The molecule has 152 valence electrons. The van der Waals surface area contributed by atoms with Crippen LogP contribution in [-0.4, -0.2) is 6.61 Å². The molecule has 0 bridgehead atoms. The van der Waals surface area contributed by atoms with Crippen molar-refractivity contribution in [2.24, 2.45) is 5.92 Å². The van der Waals surface area contributed by atoms with E-state index in [1.807, 2.05) is 12.1 Å². The Bertz CT molecular complexity index is 746. The van der Waals surface area contributed by atoms with Crippen molar-refractivity contribution in [3.05, 3.63) is 53.6 Å². The van der Waals surface area contributed by atoms with Crippen LogP contribution >= 0.6 is 0 Å². The maximum atomic E-state index is 14.6. The monoisotopic (exact) mass is 386 g/mol. The van der Waals surface area contributed by atoms with Crippen LogP contribution in [0.4, 0.5) is 8.78 Å². The second-order valence-corrected chi connectivity index (χ2v) is 8.23. The van der Waals surface area contributed by atoms with Gasteiger partial charge in [-0.15, -0.1) is 0 Å². The molecule has 1 aliphatic carbocycles. The molecule has 0 saturated heterocycles. The van der Waals surface area contributed by atoms with Gasteiger partial charge in [0.2, 0.25) is 5.82 Å². The van der Waals surface area contributed by atoms with Gasteiger partial charge in [0, 0.05) is 5.56 Å².